The Morgan fingerprint density at radius 3 is 3.00 bits per heavy atom. The van der Waals surface area contributed by atoms with Crippen molar-refractivity contribution in [1.29, 1.82) is 0 Å². The summed E-state index contributed by atoms with van der Waals surface area (Å²) >= 11 is 0. The molecule has 0 amide bonds. The number of hydrogen-bond acceptors (Lipinski definition) is 2. The predicted octanol–water partition coefficient (Wildman–Crippen LogP) is 0.546. The van der Waals surface area contributed by atoms with Crippen LogP contribution in [0.2, 0.25) is 0 Å². The third kappa shape index (κ3) is 0.775. The fourth-order valence-corrected chi connectivity index (χ4v) is 1.95. The Morgan fingerprint density at radius 1 is 1.33 bits per heavy atom. The molecule has 0 aromatic carbocycles. The SMILES string of the molecule is O[C@@H]1CO[C@@H]2CCC[C@H]12. The van der Waals surface area contributed by atoms with E-state index < -0.39 is 0 Å². The summed E-state index contributed by atoms with van der Waals surface area (Å²) in [6, 6.07) is 0. The van der Waals surface area contributed by atoms with E-state index >= 15 is 0 Å². The lowest BCUT2D eigenvalue weighted by atomic mass is 10.0. The van der Waals surface area contributed by atoms with Gasteiger partial charge in [-0.3, -0.25) is 0 Å². The number of aliphatic hydroxyl groups excluding tert-OH is 1. The zero-order valence-electron chi connectivity index (χ0n) is 5.42. The molecule has 1 aliphatic heterocycles. The van der Waals surface area contributed by atoms with Crippen molar-refractivity contribution >= 4 is 0 Å². The van der Waals surface area contributed by atoms with Crippen LogP contribution in [0.25, 0.3) is 0 Å². The van der Waals surface area contributed by atoms with E-state index in [4.69, 9.17) is 4.74 Å². The van der Waals surface area contributed by atoms with Crippen molar-refractivity contribution in [2.24, 2.45) is 5.92 Å². The number of aliphatic hydroxyl groups is 1. The van der Waals surface area contributed by atoms with Gasteiger partial charge in [-0.2, -0.15) is 0 Å². The second kappa shape index (κ2) is 1.96. The van der Waals surface area contributed by atoms with Gasteiger partial charge in [0, 0.05) is 5.92 Å². The lowest BCUT2D eigenvalue weighted by Crippen LogP contribution is -2.18. The lowest BCUT2D eigenvalue weighted by Gasteiger charge is -2.08. The molecule has 2 aliphatic rings. The van der Waals surface area contributed by atoms with E-state index in [0.29, 0.717) is 18.6 Å². The molecule has 9 heavy (non-hydrogen) atoms. The van der Waals surface area contributed by atoms with Crippen molar-refractivity contribution < 1.29 is 9.84 Å². The topological polar surface area (TPSA) is 29.5 Å². The third-order valence-electron chi connectivity index (χ3n) is 2.48. The molecular weight excluding hydrogens is 116 g/mol. The van der Waals surface area contributed by atoms with E-state index in [2.05, 4.69) is 0 Å². The second-order valence-corrected chi connectivity index (χ2v) is 3.03. The molecule has 2 heteroatoms. The maximum Gasteiger partial charge on any atom is 0.0826 e. The minimum absolute atomic E-state index is 0.155. The zero-order valence-corrected chi connectivity index (χ0v) is 5.42. The Bertz CT molecular complexity index is 113. The summed E-state index contributed by atoms with van der Waals surface area (Å²) in [5, 5.41) is 9.27. The van der Waals surface area contributed by atoms with Gasteiger partial charge in [0.15, 0.2) is 0 Å². The van der Waals surface area contributed by atoms with Crippen molar-refractivity contribution in [3.8, 4) is 0 Å². The van der Waals surface area contributed by atoms with Gasteiger partial charge in [0.1, 0.15) is 0 Å². The Morgan fingerprint density at radius 2 is 2.22 bits per heavy atom. The minimum Gasteiger partial charge on any atom is -0.390 e. The average molecular weight is 128 g/mol. The van der Waals surface area contributed by atoms with E-state index in [1.807, 2.05) is 0 Å². The second-order valence-electron chi connectivity index (χ2n) is 3.03. The molecule has 1 saturated heterocycles. The Hall–Kier alpha value is -0.0800. The van der Waals surface area contributed by atoms with Crippen LogP contribution in [0.5, 0.6) is 0 Å². The fourth-order valence-electron chi connectivity index (χ4n) is 1.95. The molecule has 1 N–H and O–H groups in total. The number of rotatable bonds is 0. The molecule has 0 aromatic rings. The molecule has 0 radical (unpaired) electrons. The van der Waals surface area contributed by atoms with E-state index in [9.17, 15) is 5.11 Å². The maximum atomic E-state index is 9.27. The van der Waals surface area contributed by atoms with Crippen LogP contribution in [0.15, 0.2) is 0 Å². The van der Waals surface area contributed by atoms with Gasteiger partial charge in [-0.15, -0.1) is 0 Å². The molecule has 1 heterocycles. The molecule has 2 rings (SSSR count). The molecule has 3 atom stereocenters. The van der Waals surface area contributed by atoms with Crippen LogP contribution in [0.4, 0.5) is 0 Å². The van der Waals surface area contributed by atoms with E-state index in [-0.39, 0.29) is 6.10 Å². The molecule has 0 bridgehead atoms. The molecule has 0 unspecified atom stereocenters. The van der Waals surface area contributed by atoms with Crippen molar-refractivity contribution in [2.75, 3.05) is 6.61 Å². The molecule has 2 fully saturated rings. The van der Waals surface area contributed by atoms with Crippen LogP contribution in [0.3, 0.4) is 0 Å². The predicted molar refractivity (Wildman–Crippen MR) is 33.1 cm³/mol. The van der Waals surface area contributed by atoms with Crippen molar-refractivity contribution in [3.05, 3.63) is 0 Å². The maximum absolute atomic E-state index is 9.27. The van der Waals surface area contributed by atoms with E-state index in [1.165, 1.54) is 19.3 Å². The molecule has 2 nitrogen and oxygen atoms in total. The van der Waals surface area contributed by atoms with Crippen LogP contribution >= 0.6 is 0 Å². The van der Waals surface area contributed by atoms with Crippen LogP contribution in [0.1, 0.15) is 19.3 Å². The summed E-state index contributed by atoms with van der Waals surface area (Å²) in [6.45, 7) is 0.579. The van der Waals surface area contributed by atoms with Crippen molar-refractivity contribution in [2.45, 2.75) is 31.5 Å². The van der Waals surface area contributed by atoms with Crippen LogP contribution in [0, 0.1) is 5.92 Å². The summed E-state index contributed by atoms with van der Waals surface area (Å²) in [5.74, 6) is 0.477. The number of hydrogen-bond donors (Lipinski definition) is 1. The third-order valence-corrected chi connectivity index (χ3v) is 2.48. The summed E-state index contributed by atoms with van der Waals surface area (Å²) < 4.78 is 5.34. The first-order valence-electron chi connectivity index (χ1n) is 3.67. The van der Waals surface area contributed by atoms with Gasteiger partial charge in [-0.1, -0.05) is 6.42 Å². The molecule has 0 aromatic heterocycles. The van der Waals surface area contributed by atoms with Crippen LogP contribution in [-0.2, 0) is 4.74 Å². The summed E-state index contributed by atoms with van der Waals surface area (Å²) in [7, 11) is 0. The van der Waals surface area contributed by atoms with Gasteiger partial charge in [0.2, 0.25) is 0 Å². The highest BCUT2D eigenvalue weighted by molar-refractivity contribution is 4.88. The lowest BCUT2D eigenvalue weighted by molar-refractivity contribution is 0.0861. The molecule has 0 spiro atoms. The highest BCUT2D eigenvalue weighted by atomic mass is 16.5. The first kappa shape index (κ1) is 5.69. The normalized spacial score (nSPS) is 49.7. The van der Waals surface area contributed by atoms with E-state index in [1.54, 1.807) is 0 Å². The summed E-state index contributed by atoms with van der Waals surface area (Å²) in [6.07, 6.45) is 3.83. The Balaban J connectivity index is 2.07. The monoisotopic (exact) mass is 128 g/mol. The molecule has 1 aliphatic carbocycles. The van der Waals surface area contributed by atoms with Crippen LogP contribution < -0.4 is 0 Å². The highest BCUT2D eigenvalue weighted by Gasteiger charge is 2.38. The summed E-state index contributed by atoms with van der Waals surface area (Å²) in [4.78, 5) is 0. The van der Waals surface area contributed by atoms with E-state index in [0.717, 1.165) is 0 Å². The Kier molecular flexibility index (Phi) is 1.24. The quantitative estimate of drug-likeness (QED) is 0.516. The molecular formula is C7H12O2. The van der Waals surface area contributed by atoms with Gasteiger partial charge in [0.05, 0.1) is 18.8 Å². The van der Waals surface area contributed by atoms with Crippen molar-refractivity contribution in [3.63, 3.8) is 0 Å². The van der Waals surface area contributed by atoms with Gasteiger partial charge in [-0.05, 0) is 12.8 Å². The smallest absolute Gasteiger partial charge is 0.0826 e. The van der Waals surface area contributed by atoms with Gasteiger partial charge < -0.3 is 9.84 Å². The first-order chi connectivity index (χ1) is 4.38. The van der Waals surface area contributed by atoms with Gasteiger partial charge >= 0.3 is 0 Å². The first-order valence-corrected chi connectivity index (χ1v) is 3.67. The average Bonchev–Trinajstić information content (AvgIpc) is 2.35. The minimum atomic E-state index is -0.155. The van der Waals surface area contributed by atoms with Gasteiger partial charge in [0.25, 0.3) is 0 Å². The summed E-state index contributed by atoms with van der Waals surface area (Å²) in [5.41, 5.74) is 0. The highest BCUT2D eigenvalue weighted by Crippen LogP contribution is 2.35. The van der Waals surface area contributed by atoms with Crippen LogP contribution in [-0.4, -0.2) is 23.9 Å². The largest absolute Gasteiger partial charge is 0.390 e. The molecule has 52 valence electrons. The zero-order chi connectivity index (χ0) is 6.27. The molecule has 1 saturated carbocycles. The van der Waals surface area contributed by atoms with Gasteiger partial charge in [-0.25, -0.2) is 0 Å². The fraction of sp³-hybridized carbons (Fsp3) is 1.00. The number of fused-ring (bicyclic) bond motifs is 1. The Labute approximate surface area is 54.8 Å². The number of ether oxygens (including phenoxy) is 1. The standard InChI is InChI=1S/C7H12O2/c8-6-4-9-7-3-1-2-5(6)7/h5-8H,1-4H2/t5-,6-,7-/m1/s1. The van der Waals surface area contributed by atoms with Crippen molar-refractivity contribution in [1.82, 2.24) is 0 Å².